The van der Waals surface area contributed by atoms with Gasteiger partial charge in [-0.15, -0.1) is 0 Å². The van der Waals surface area contributed by atoms with Gasteiger partial charge in [0.2, 0.25) is 5.95 Å². The number of anilines is 1. The van der Waals surface area contributed by atoms with Crippen LogP contribution < -0.4 is 11.0 Å². The number of nitrogens with one attached hydrogen (secondary N) is 1. The third kappa shape index (κ3) is 1.50. The molecular weight excluding hydrogens is 230 g/mol. The molecule has 0 amide bonds. The molecule has 0 spiro atoms. The Bertz CT molecular complexity index is 757. The maximum Gasteiger partial charge on any atom is 0.283 e. The molecule has 0 unspecified atom stereocenters. The summed E-state index contributed by atoms with van der Waals surface area (Å²) in [7, 11) is 0. The molecule has 18 heavy (non-hydrogen) atoms. The van der Waals surface area contributed by atoms with E-state index >= 15 is 0 Å². The Morgan fingerprint density at radius 1 is 1.17 bits per heavy atom. The Kier molecular flexibility index (Phi) is 2.22. The van der Waals surface area contributed by atoms with Gasteiger partial charge in [-0.1, -0.05) is 12.1 Å². The third-order valence-electron chi connectivity index (χ3n) is 2.85. The van der Waals surface area contributed by atoms with Crippen molar-refractivity contribution in [1.82, 2.24) is 9.66 Å². The van der Waals surface area contributed by atoms with Crippen LogP contribution in [0.5, 0.6) is 0 Å². The van der Waals surface area contributed by atoms with E-state index in [-0.39, 0.29) is 5.56 Å². The molecule has 0 radical (unpaired) electrons. The predicted octanol–water partition coefficient (Wildman–Crippen LogP) is 1.42. The van der Waals surface area contributed by atoms with Gasteiger partial charge in [0, 0.05) is 0 Å². The highest BCUT2D eigenvalue weighted by molar-refractivity contribution is 6.40. The fraction of sp³-hybridized carbons (Fsp3) is 0.167. The zero-order valence-electron chi connectivity index (χ0n) is 10.0. The van der Waals surface area contributed by atoms with Crippen molar-refractivity contribution < 1.29 is 0 Å². The van der Waals surface area contributed by atoms with Crippen LogP contribution in [0.25, 0.3) is 10.9 Å². The van der Waals surface area contributed by atoms with E-state index in [4.69, 9.17) is 0 Å². The van der Waals surface area contributed by atoms with Gasteiger partial charge in [-0.25, -0.2) is 10.4 Å². The molecule has 6 heteroatoms. The first-order valence-electron chi connectivity index (χ1n) is 5.55. The summed E-state index contributed by atoms with van der Waals surface area (Å²) in [6.07, 6.45) is 0. The summed E-state index contributed by atoms with van der Waals surface area (Å²) in [4.78, 5) is 16.6. The molecule has 0 saturated carbocycles. The highest BCUT2D eigenvalue weighted by Crippen LogP contribution is 2.12. The molecule has 1 aliphatic heterocycles. The number of hydrogen-bond donors (Lipinski definition) is 1. The van der Waals surface area contributed by atoms with Crippen molar-refractivity contribution in [2.24, 2.45) is 10.2 Å². The van der Waals surface area contributed by atoms with Crippen LogP contribution in [-0.2, 0) is 0 Å². The van der Waals surface area contributed by atoms with Crippen molar-refractivity contribution in [2.75, 3.05) is 5.43 Å². The minimum Gasteiger partial charge on any atom is -0.267 e. The molecule has 1 aromatic carbocycles. The number of rotatable bonds is 0. The van der Waals surface area contributed by atoms with Gasteiger partial charge in [0.05, 0.1) is 22.3 Å². The smallest absolute Gasteiger partial charge is 0.267 e. The van der Waals surface area contributed by atoms with Gasteiger partial charge in [-0.05, 0) is 26.0 Å². The highest BCUT2D eigenvalue weighted by atomic mass is 16.1. The maximum atomic E-state index is 12.3. The lowest BCUT2D eigenvalue weighted by Crippen LogP contribution is -2.21. The summed E-state index contributed by atoms with van der Waals surface area (Å²) in [6.45, 7) is 3.62. The van der Waals surface area contributed by atoms with Gasteiger partial charge in [-0.3, -0.25) is 4.79 Å². The molecular formula is C12H11N5O. The fourth-order valence-electron chi connectivity index (χ4n) is 1.73. The van der Waals surface area contributed by atoms with E-state index in [1.54, 1.807) is 25.1 Å². The molecule has 0 saturated heterocycles. The fourth-order valence-corrected chi connectivity index (χ4v) is 1.73. The number of hydrogen-bond acceptors (Lipinski definition) is 5. The van der Waals surface area contributed by atoms with Crippen molar-refractivity contribution in [1.29, 1.82) is 0 Å². The topological polar surface area (TPSA) is 71.6 Å². The van der Waals surface area contributed by atoms with E-state index in [0.29, 0.717) is 22.6 Å². The monoisotopic (exact) mass is 241 g/mol. The second-order valence-electron chi connectivity index (χ2n) is 4.06. The molecule has 0 bridgehead atoms. The molecule has 1 aromatic heterocycles. The second-order valence-corrected chi connectivity index (χ2v) is 4.06. The minimum atomic E-state index is -0.202. The quantitative estimate of drug-likeness (QED) is 0.758. The van der Waals surface area contributed by atoms with E-state index < -0.39 is 0 Å². The summed E-state index contributed by atoms with van der Waals surface area (Å²) in [5, 5.41) is 8.88. The molecule has 1 aliphatic rings. The average molecular weight is 241 g/mol. The average Bonchev–Trinajstić information content (AvgIpc) is 2.52. The van der Waals surface area contributed by atoms with Crippen LogP contribution in [-0.4, -0.2) is 21.1 Å². The Morgan fingerprint density at radius 3 is 2.78 bits per heavy atom. The lowest BCUT2D eigenvalue weighted by molar-refractivity contribution is 0.822. The summed E-state index contributed by atoms with van der Waals surface area (Å²) >= 11 is 0. The normalized spacial score (nSPS) is 14.3. The van der Waals surface area contributed by atoms with Crippen molar-refractivity contribution in [3.05, 3.63) is 34.6 Å². The summed E-state index contributed by atoms with van der Waals surface area (Å²) in [5.41, 5.74) is 4.60. The van der Waals surface area contributed by atoms with Crippen molar-refractivity contribution in [3.63, 3.8) is 0 Å². The third-order valence-corrected chi connectivity index (χ3v) is 2.85. The highest BCUT2D eigenvalue weighted by Gasteiger charge is 2.13. The van der Waals surface area contributed by atoms with E-state index in [1.807, 2.05) is 13.0 Å². The van der Waals surface area contributed by atoms with Crippen LogP contribution in [0.2, 0.25) is 0 Å². The van der Waals surface area contributed by atoms with Crippen LogP contribution in [0.4, 0.5) is 5.95 Å². The van der Waals surface area contributed by atoms with Gasteiger partial charge >= 0.3 is 0 Å². The first kappa shape index (κ1) is 10.6. The number of aromatic nitrogens is 2. The van der Waals surface area contributed by atoms with E-state index in [2.05, 4.69) is 20.6 Å². The first-order valence-corrected chi connectivity index (χ1v) is 5.55. The summed E-state index contributed by atoms with van der Waals surface area (Å²) in [6, 6.07) is 7.17. The molecule has 6 nitrogen and oxygen atoms in total. The van der Waals surface area contributed by atoms with Crippen LogP contribution >= 0.6 is 0 Å². The molecule has 90 valence electrons. The Morgan fingerprint density at radius 2 is 1.94 bits per heavy atom. The lowest BCUT2D eigenvalue weighted by atomic mass is 10.2. The number of hydrazone groups is 1. The van der Waals surface area contributed by atoms with E-state index in [1.165, 1.54) is 4.68 Å². The van der Waals surface area contributed by atoms with Crippen LogP contribution in [0, 0.1) is 0 Å². The molecule has 2 heterocycles. The first-order chi connectivity index (χ1) is 8.66. The number of nitrogens with zero attached hydrogens (tertiary/aromatic N) is 4. The summed E-state index contributed by atoms with van der Waals surface area (Å²) in [5.74, 6) is 0.329. The molecule has 0 fully saturated rings. The largest absolute Gasteiger partial charge is 0.283 e. The lowest BCUT2D eigenvalue weighted by Gasteiger charge is -2.05. The predicted molar refractivity (Wildman–Crippen MR) is 71.2 cm³/mol. The molecule has 1 N–H and O–H groups in total. The van der Waals surface area contributed by atoms with Crippen molar-refractivity contribution >= 4 is 28.3 Å². The van der Waals surface area contributed by atoms with Crippen molar-refractivity contribution in [2.45, 2.75) is 13.8 Å². The maximum absolute atomic E-state index is 12.3. The second kappa shape index (κ2) is 3.76. The summed E-state index contributed by atoms with van der Waals surface area (Å²) < 4.78 is 1.25. The standard InChI is InChI=1S/C12H11N5O/c1-7-8(2)16-17-11(18)9-5-3-4-6-10(9)13-12(17)15-14-7/h3-6H,1-2H3,(H,13,15). The van der Waals surface area contributed by atoms with Gasteiger partial charge < -0.3 is 0 Å². The van der Waals surface area contributed by atoms with E-state index in [9.17, 15) is 4.79 Å². The Labute approximate surface area is 103 Å². The molecule has 2 aromatic rings. The Hall–Kier alpha value is -2.50. The number of fused-ring (bicyclic) bond motifs is 2. The Balaban J connectivity index is 2.40. The zero-order chi connectivity index (χ0) is 12.7. The van der Waals surface area contributed by atoms with Gasteiger partial charge in [0.1, 0.15) is 0 Å². The zero-order valence-corrected chi connectivity index (χ0v) is 10.0. The molecule has 0 atom stereocenters. The van der Waals surface area contributed by atoms with Crippen LogP contribution in [0.3, 0.4) is 0 Å². The van der Waals surface area contributed by atoms with E-state index in [0.717, 1.165) is 5.71 Å². The molecule has 0 aliphatic carbocycles. The number of para-hydroxylation sites is 1. The number of benzene rings is 1. The van der Waals surface area contributed by atoms with Gasteiger partial charge in [-0.2, -0.15) is 14.9 Å². The SMILES string of the molecule is CC1=NNc2nc3ccccc3c(=O)n2N=C1C. The van der Waals surface area contributed by atoms with Gasteiger partial charge in [0.15, 0.2) is 0 Å². The minimum absolute atomic E-state index is 0.202. The molecule has 3 rings (SSSR count). The van der Waals surface area contributed by atoms with Crippen molar-refractivity contribution in [3.8, 4) is 0 Å². The van der Waals surface area contributed by atoms with Crippen LogP contribution in [0.15, 0.2) is 39.3 Å². The van der Waals surface area contributed by atoms with Crippen LogP contribution in [0.1, 0.15) is 13.8 Å². The van der Waals surface area contributed by atoms with Gasteiger partial charge in [0.25, 0.3) is 5.56 Å².